The largest absolute Gasteiger partial charge is 0.382 e. The summed E-state index contributed by atoms with van der Waals surface area (Å²) >= 11 is 0. The van der Waals surface area contributed by atoms with Crippen LogP contribution in [0.3, 0.4) is 0 Å². The van der Waals surface area contributed by atoms with Gasteiger partial charge < -0.3 is 5.11 Å². The Bertz CT molecular complexity index is 755. The molecular formula is C16H14FN3O. The monoisotopic (exact) mass is 283 g/mol. The van der Waals surface area contributed by atoms with E-state index in [1.54, 1.807) is 25.1 Å². The van der Waals surface area contributed by atoms with E-state index in [1.807, 2.05) is 30.3 Å². The lowest BCUT2D eigenvalue weighted by atomic mass is 10.0. The van der Waals surface area contributed by atoms with E-state index in [0.29, 0.717) is 11.3 Å². The van der Waals surface area contributed by atoms with E-state index in [-0.39, 0.29) is 5.56 Å². The van der Waals surface area contributed by atoms with E-state index in [1.165, 1.54) is 10.9 Å². The number of para-hydroxylation sites is 1. The Hall–Kier alpha value is -2.53. The Labute approximate surface area is 121 Å². The highest BCUT2D eigenvalue weighted by Crippen LogP contribution is 2.26. The van der Waals surface area contributed by atoms with Crippen molar-refractivity contribution in [1.29, 1.82) is 0 Å². The first-order valence-corrected chi connectivity index (χ1v) is 6.57. The van der Waals surface area contributed by atoms with Gasteiger partial charge in [-0.2, -0.15) is 0 Å². The third kappa shape index (κ3) is 2.43. The van der Waals surface area contributed by atoms with Crippen LogP contribution in [0, 0.1) is 12.7 Å². The van der Waals surface area contributed by atoms with Crippen molar-refractivity contribution >= 4 is 0 Å². The summed E-state index contributed by atoms with van der Waals surface area (Å²) in [7, 11) is 0. The lowest BCUT2D eigenvalue weighted by Crippen LogP contribution is -2.10. The molecule has 1 heterocycles. The number of nitrogens with zero attached hydrogens (tertiary/aromatic N) is 3. The standard InChI is InChI=1S/C16H14FN3O/c1-11-6-5-9-13(15(11)17)16(21)14-10-18-19-20(14)12-7-3-2-4-8-12/h2-10,16,21H,1H3. The molecule has 1 aromatic heterocycles. The molecule has 2 aromatic carbocycles. The summed E-state index contributed by atoms with van der Waals surface area (Å²) in [4.78, 5) is 0. The van der Waals surface area contributed by atoms with Crippen molar-refractivity contribution in [2.45, 2.75) is 13.0 Å². The number of hydrogen-bond donors (Lipinski definition) is 1. The van der Waals surface area contributed by atoms with Gasteiger partial charge in [0, 0.05) is 5.56 Å². The molecule has 0 bridgehead atoms. The molecule has 0 radical (unpaired) electrons. The maximum Gasteiger partial charge on any atom is 0.132 e. The molecule has 1 unspecified atom stereocenters. The maximum atomic E-state index is 14.2. The number of aromatic nitrogens is 3. The quantitative estimate of drug-likeness (QED) is 0.804. The van der Waals surface area contributed by atoms with E-state index in [0.717, 1.165) is 5.69 Å². The van der Waals surface area contributed by atoms with Crippen molar-refractivity contribution in [3.8, 4) is 5.69 Å². The van der Waals surface area contributed by atoms with Crippen LogP contribution in [0.25, 0.3) is 5.69 Å². The van der Waals surface area contributed by atoms with Gasteiger partial charge in [-0.1, -0.05) is 41.6 Å². The van der Waals surface area contributed by atoms with Gasteiger partial charge in [0.15, 0.2) is 0 Å². The average molecular weight is 283 g/mol. The minimum Gasteiger partial charge on any atom is -0.382 e. The third-order valence-electron chi connectivity index (χ3n) is 3.37. The number of hydrogen-bond acceptors (Lipinski definition) is 3. The third-order valence-corrected chi connectivity index (χ3v) is 3.37. The van der Waals surface area contributed by atoms with Gasteiger partial charge in [-0.05, 0) is 24.6 Å². The van der Waals surface area contributed by atoms with Crippen LogP contribution >= 0.6 is 0 Å². The molecule has 1 N–H and O–H groups in total. The number of rotatable bonds is 3. The summed E-state index contributed by atoms with van der Waals surface area (Å²) in [5, 5.41) is 18.3. The van der Waals surface area contributed by atoms with Crippen LogP contribution in [0.2, 0.25) is 0 Å². The van der Waals surface area contributed by atoms with Crippen molar-refractivity contribution in [3.63, 3.8) is 0 Å². The van der Waals surface area contributed by atoms with Gasteiger partial charge in [0.2, 0.25) is 0 Å². The molecule has 0 saturated carbocycles. The Morgan fingerprint density at radius 2 is 1.86 bits per heavy atom. The molecule has 0 saturated heterocycles. The lowest BCUT2D eigenvalue weighted by molar-refractivity contribution is 0.206. The zero-order chi connectivity index (χ0) is 14.8. The van der Waals surface area contributed by atoms with Crippen LogP contribution in [-0.2, 0) is 0 Å². The van der Waals surface area contributed by atoms with Gasteiger partial charge in [-0.3, -0.25) is 0 Å². The van der Waals surface area contributed by atoms with E-state index in [4.69, 9.17) is 0 Å². The first kappa shape index (κ1) is 13.5. The molecule has 3 aromatic rings. The number of aryl methyl sites for hydroxylation is 1. The zero-order valence-electron chi connectivity index (χ0n) is 11.4. The van der Waals surface area contributed by atoms with Gasteiger partial charge in [0.05, 0.1) is 17.6 Å². The fourth-order valence-corrected chi connectivity index (χ4v) is 2.24. The molecule has 0 amide bonds. The molecular weight excluding hydrogens is 269 g/mol. The minimum atomic E-state index is -1.12. The van der Waals surface area contributed by atoms with Crippen molar-refractivity contribution in [2.24, 2.45) is 0 Å². The SMILES string of the molecule is Cc1cccc(C(O)c2cnnn2-c2ccccc2)c1F. The number of benzene rings is 2. The average Bonchev–Trinajstić information content (AvgIpc) is 3.00. The summed E-state index contributed by atoms with van der Waals surface area (Å²) in [5.41, 5.74) is 1.89. The second-order valence-electron chi connectivity index (χ2n) is 4.79. The molecule has 0 spiro atoms. The van der Waals surface area contributed by atoms with Crippen LogP contribution < -0.4 is 0 Å². The minimum absolute atomic E-state index is 0.217. The Balaban J connectivity index is 2.06. The zero-order valence-corrected chi connectivity index (χ0v) is 11.4. The number of aliphatic hydroxyl groups excluding tert-OH is 1. The van der Waals surface area contributed by atoms with Crippen LogP contribution in [0.1, 0.15) is 22.9 Å². The molecule has 21 heavy (non-hydrogen) atoms. The number of halogens is 1. The van der Waals surface area contributed by atoms with Gasteiger partial charge in [-0.15, -0.1) is 5.10 Å². The summed E-state index contributed by atoms with van der Waals surface area (Å²) < 4.78 is 15.7. The molecule has 0 aliphatic rings. The van der Waals surface area contributed by atoms with E-state index in [9.17, 15) is 9.50 Å². The lowest BCUT2D eigenvalue weighted by Gasteiger charge is -2.14. The predicted octanol–water partition coefficient (Wildman–Crippen LogP) is 2.80. The van der Waals surface area contributed by atoms with E-state index >= 15 is 0 Å². The Kier molecular flexibility index (Phi) is 3.50. The molecule has 4 nitrogen and oxygen atoms in total. The molecule has 0 aliphatic heterocycles. The first-order chi connectivity index (χ1) is 10.2. The van der Waals surface area contributed by atoms with Crippen LogP contribution in [0.15, 0.2) is 54.7 Å². The highest BCUT2D eigenvalue weighted by molar-refractivity contribution is 5.36. The molecule has 0 aliphatic carbocycles. The second kappa shape index (κ2) is 5.46. The summed E-state index contributed by atoms with van der Waals surface area (Å²) in [6, 6.07) is 14.2. The maximum absolute atomic E-state index is 14.2. The van der Waals surface area contributed by atoms with E-state index < -0.39 is 11.9 Å². The molecule has 5 heteroatoms. The van der Waals surface area contributed by atoms with Gasteiger partial charge in [-0.25, -0.2) is 9.07 Å². The van der Waals surface area contributed by atoms with Crippen molar-refractivity contribution in [1.82, 2.24) is 15.0 Å². The second-order valence-corrected chi connectivity index (χ2v) is 4.79. The topological polar surface area (TPSA) is 50.9 Å². The van der Waals surface area contributed by atoms with Gasteiger partial charge in [0.1, 0.15) is 11.9 Å². The van der Waals surface area contributed by atoms with E-state index in [2.05, 4.69) is 10.3 Å². The summed E-state index contributed by atoms with van der Waals surface area (Å²) in [6.45, 7) is 1.66. The molecule has 1 atom stereocenters. The fourth-order valence-electron chi connectivity index (χ4n) is 2.24. The molecule has 0 fully saturated rings. The number of aliphatic hydroxyl groups is 1. The summed E-state index contributed by atoms with van der Waals surface area (Å²) in [6.07, 6.45) is 0.319. The Morgan fingerprint density at radius 3 is 2.62 bits per heavy atom. The van der Waals surface area contributed by atoms with Crippen molar-refractivity contribution < 1.29 is 9.50 Å². The summed E-state index contributed by atoms with van der Waals surface area (Å²) in [5.74, 6) is -0.411. The molecule has 106 valence electrons. The van der Waals surface area contributed by atoms with Crippen molar-refractivity contribution in [2.75, 3.05) is 0 Å². The van der Waals surface area contributed by atoms with Crippen LogP contribution in [-0.4, -0.2) is 20.1 Å². The highest BCUT2D eigenvalue weighted by Gasteiger charge is 2.21. The van der Waals surface area contributed by atoms with Crippen LogP contribution in [0.5, 0.6) is 0 Å². The van der Waals surface area contributed by atoms with Crippen molar-refractivity contribution in [3.05, 3.63) is 77.4 Å². The normalized spacial score (nSPS) is 12.3. The van der Waals surface area contributed by atoms with Gasteiger partial charge in [0.25, 0.3) is 0 Å². The fraction of sp³-hybridized carbons (Fsp3) is 0.125. The smallest absolute Gasteiger partial charge is 0.132 e. The Morgan fingerprint density at radius 1 is 1.10 bits per heavy atom. The van der Waals surface area contributed by atoms with Crippen LogP contribution in [0.4, 0.5) is 4.39 Å². The first-order valence-electron chi connectivity index (χ1n) is 6.57. The predicted molar refractivity (Wildman–Crippen MR) is 76.6 cm³/mol. The molecule has 3 rings (SSSR count). The van der Waals surface area contributed by atoms with Gasteiger partial charge >= 0.3 is 0 Å². The highest BCUT2D eigenvalue weighted by atomic mass is 19.1.